The van der Waals surface area contributed by atoms with Crippen LogP contribution in [0.4, 0.5) is 0 Å². The van der Waals surface area contributed by atoms with E-state index in [9.17, 15) is 13.2 Å². The highest BCUT2D eigenvalue weighted by atomic mass is 32.2. The van der Waals surface area contributed by atoms with E-state index in [2.05, 4.69) is 19.5 Å². The average Bonchev–Trinajstić information content (AvgIpc) is 3.41. The highest BCUT2D eigenvalue weighted by Crippen LogP contribution is 2.27. The Morgan fingerprint density at radius 1 is 0.935 bits per heavy atom. The SMILES string of the molecule is O=c1ccc(-n2cccn2)nn1CCN1CCN(C2=NS(=O)(=O)c3ccccc32)CC1. The number of benzene rings is 1. The normalized spacial score (nSPS) is 18.1. The maximum absolute atomic E-state index is 12.3. The van der Waals surface area contributed by atoms with Crippen molar-refractivity contribution in [2.75, 3.05) is 32.7 Å². The average molecular weight is 440 g/mol. The summed E-state index contributed by atoms with van der Waals surface area (Å²) in [4.78, 5) is 16.7. The zero-order valence-corrected chi connectivity index (χ0v) is 17.5. The molecule has 0 bridgehead atoms. The third kappa shape index (κ3) is 3.77. The number of hydrogen-bond donors (Lipinski definition) is 0. The first-order valence-corrected chi connectivity index (χ1v) is 11.5. The van der Waals surface area contributed by atoms with Gasteiger partial charge in [0.15, 0.2) is 11.7 Å². The standard InChI is InChI=1S/C20H21N7O3S/c28-19-7-6-18(26-9-3-8-21-26)22-27(19)15-12-24-10-13-25(14-11-24)20-16-4-1-2-5-17(16)31(29,30)23-20/h1-9H,10-15H2. The van der Waals surface area contributed by atoms with Gasteiger partial charge in [-0.3, -0.25) is 9.69 Å². The molecule has 2 aromatic heterocycles. The van der Waals surface area contributed by atoms with Gasteiger partial charge in [0.05, 0.1) is 6.54 Å². The molecule has 4 heterocycles. The van der Waals surface area contributed by atoms with Crippen LogP contribution in [0.3, 0.4) is 0 Å². The molecule has 5 rings (SSSR count). The zero-order chi connectivity index (χ0) is 21.4. The minimum atomic E-state index is -3.61. The molecule has 0 saturated carbocycles. The van der Waals surface area contributed by atoms with Crippen LogP contribution >= 0.6 is 0 Å². The Balaban J connectivity index is 1.23. The lowest BCUT2D eigenvalue weighted by molar-refractivity contribution is 0.174. The summed E-state index contributed by atoms with van der Waals surface area (Å²) in [6.07, 6.45) is 3.44. The molecule has 11 heteroatoms. The van der Waals surface area contributed by atoms with Gasteiger partial charge in [0, 0.05) is 56.7 Å². The van der Waals surface area contributed by atoms with Crippen LogP contribution in [0.2, 0.25) is 0 Å². The first kappa shape index (κ1) is 19.6. The summed E-state index contributed by atoms with van der Waals surface area (Å²) in [5.74, 6) is 1.12. The molecule has 2 aliphatic heterocycles. The van der Waals surface area contributed by atoms with Crippen molar-refractivity contribution in [2.24, 2.45) is 4.40 Å². The highest BCUT2D eigenvalue weighted by Gasteiger charge is 2.32. The van der Waals surface area contributed by atoms with Crippen molar-refractivity contribution in [3.05, 3.63) is 70.8 Å². The van der Waals surface area contributed by atoms with Crippen LogP contribution in [0.25, 0.3) is 5.82 Å². The second kappa shape index (κ2) is 7.75. The van der Waals surface area contributed by atoms with Gasteiger partial charge in [0.25, 0.3) is 15.6 Å². The molecule has 3 aromatic rings. The summed E-state index contributed by atoms with van der Waals surface area (Å²) in [5, 5.41) is 8.55. The van der Waals surface area contributed by atoms with Crippen molar-refractivity contribution in [3.63, 3.8) is 0 Å². The number of fused-ring (bicyclic) bond motifs is 1. The number of nitrogens with zero attached hydrogens (tertiary/aromatic N) is 7. The van der Waals surface area contributed by atoms with Crippen molar-refractivity contribution in [3.8, 4) is 5.82 Å². The van der Waals surface area contributed by atoms with Crippen LogP contribution < -0.4 is 5.56 Å². The van der Waals surface area contributed by atoms with E-state index in [1.807, 2.05) is 11.0 Å². The molecule has 0 aliphatic carbocycles. The van der Waals surface area contributed by atoms with Crippen LogP contribution in [-0.4, -0.2) is 76.3 Å². The lowest BCUT2D eigenvalue weighted by Crippen LogP contribution is -2.49. The van der Waals surface area contributed by atoms with Gasteiger partial charge in [-0.2, -0.15) is 13.5 Å². The molecule has 0 spiro atoms. The van der Waals surface area contributed by atoms with E-state index in [1.54, 1.807) is 47.4 Å². The number of piperazine rings is 1. The van der Waals surface area contributed by atoms with Crippen molar-refractivity contribution in [1.29, 1.82) is 0 Å². The first-order chi connectivity index (χ1) is 15.0. The Kier molecular flexibility index (Phi) is 4.91. The summed E-state index contributed by atoms with van der Waals surface area (Å²) >= 11 is 0. The Morgan fingerprint density at radius 3 is 2.52 bits per heavy atom. The van der Waals surface area contributed by atoms with Gasteiger partial charge < -0.3 is 4.90 Å². The van der Waals surface area contributed by atoms with E-state index >= 15 is 0 Å². The molecular weight excluding hydrogens is 418 g/mol. The molecule has 0 amide bonds. The topological polar surface area (TPSA) is 106 Å². The van der Waals surface area contributed by atoms with Gasteiger partial charge in [0.2, 0.25) is 0 Å². The van der Waals surface area contributed by atoms with Gasteiger partial charge in [-0.1, -0.05) is 12.1 Å². The monoisotopic (exact) mass is 439 g/mol. The first-order valence-electron chi connectivity index (χ1n) is 10.0. The maximum Gasteiger partial charge on any atom is 0.285 e. The second-order valence-electron chi connectivity index (χ2n) is 7.42. The molecule has 0 N–H and O–H groups in total. The number of sulfonamides is 1. The lowest BCUT2D eigenvalue weighted by atomic mass is 10.1. The number of aromatic nitrogens is 4. The fraction of sp³-hybridized carbons (Fsp3) is 0.300. The summed E-state index contributed by atoms with van der Waals surface area (Å²) in [6.45, 7) is 3.96. The lowest BCUT2D eigenvalue weighted by Gasteiger charge is -2.35. The van der Waals surface area contributed by atoms with E-state index < -0.39 is 10.0 Å². The van der Waals surface area contributed by atoms with Gasteiger partial charge in [0.1, 0.15) is 4.90 Å². The van der Waals surface area contributed by atoms with Crippen LogP contribution in [0.15, 0.2) is 68.9 Å². The number of rotatable bonds is 4. The molecule has 160 valence electrons. The Hall–Kier alpha value is -3.31. The predicted molar refractivity (Wildman–Crippen MR) is 114 cm³/mol. The summed E-state index contributed by atoms with van der Waals surface area (Å²) < 4.78 is 31.7. The molecule has 0 radical (unpaired) electrons. The minimum Gasteiger partial charge on any atom is -0.353 e. The molecular formula is C20H21N7O3S. The Morgan fingerprint density at radius 2 is 1.74 bits per heavy atom. The maximum atomic E-state index is 12.3. The van der Waals surface area contributed by atoms with Crippen molar-refractivity contribution in [1.82, 2.24) is 29.4 Å². The van der Waals surface area contributed by atoms with E-state index in [0.717, 1.165) is 13.1 Å². The van der Waals surface area contributed by atoms with E-state index in [1.165, 1.54) is 10.7 Å². The molecule has 0 unspecified atom stereocenters. The van der Waals surface area contributed by atoms with Crippen LogP contribution in [-0.2, 0) is 16.6 Å². The summed E-state index contributed by atoms with van der Waals surface area (Å²) in [6, 6.07) is 11.9. The number of amidine groups is 1. The van der Waals surface area contributed by atoms with E-state index in [4.69, 9.17) is 0 Å². The van der Waals surface area contributed by atoms with Gasteiger partial charge >= 0.3 is 0 Å². The van der Waals surface area contributed by atoms with Crippen molar-refractivity contribution < 1.29 is 8.42 Å². The third-order valence-corrected chi connectivity index (χ3v) is 6.83. The quantitative estimate of drug-likeness (QED) is 0.572. The fourth-order valence-electron chi connectivity index (χ4n) is 3.86. The number of hydrogen-bond acceptors (Lipinski definition) is 7. The van der Waals surface area contributed by atoms with Crippen LogP contribution in [0, 0.1) is 0 Å². The Bertz CT molecular complexity index is 1290. The molecule has 1 aromatic carbocycles. The minimum absolute atomic E-state index is 0.156. The second-order valence-corrected chi connectivity index (χ2v) is 8.99. The summed E-state index contributed by atoms with van der Waals surface area (Å²) in [5.41, 5.74) is 0.513. The van der Waals surface area contributed by atoms with Gasteiger partial charge in [-0.25, -0.2) is 9.36 Å². The molecule has 10 nitrogen and oxygen atoms in total. The largest absolute Gasteiger partial charge is 0.353 e. The molecule has 1 saturated heterocycles. The van der Waals surface area contributed by atoms with Gasteiger partial charge in [-0.05, 0) is 24.3 Å². The van der Waals surface area contributed by atoms with Crippen LogP contribution in [0.1, 0.15) is 5.56 Å². The fourth-order valence-corrected chi connectivity index (χ4v) is 5.09. The highest BCUT2D eigenvalue weighted by molar-refractivity contribution is 7.90. The smallest absolute Gasteiger partial charge is 0.285 e. The molecule has 0 atom stereocenters. The molecule has 31 heavy (non-hydrogen) atoms. The van der Waals surface area contributed by atoms with E-state index in [-0.39, 0.29) is 10.5 Å². The molecule has 1 fully saturated rings. The van der Waals surface area contributed by atoms with Gasteiger partial charge in [-0.15, -0.1) is 9.50 Å². The molecule has 2 aliphatic rings. The van der Waals surface area contributed by atoms with Crippen molar-refractivity contribution in [2.45, 2.75) is 11.4 Å². The third-order valence-electron chi connectivity index (χ3n) is 5.50. The predicted octanol–water partition coefficient (Wildman–Crippen LogP) is 0.196. The Labute approximate surface area is 179 Å². The summed E-state index contributed by atoms with van der Waals surface area (Å²) in [7, 11) is -3.61. The van der Waals surface area contributed by atoms with Crippen LogP contribution in [0.5, 0.6) is 0 Å². The zero-order valence-electron chi connectivity index (χ0n) is 16.7. The van der Waals surface area contributed by atoms with E-state index in [0.29, 0.717) is 43.4 Å². The van der Waals surface area contributed by atoms with Crippen molar-refractivity contribution >= 4 is 15.9 Å².